The fraction of sp³-hybridized carbons (Fsp3) is 0.143. The molecule has 1 N–H and O–H groups in total. The number of halogens is 1. The molecule has 0 bridgehead atoms. The lowest BCUT2D eigenvalue weighted by Gasteiger charge is -1.99. The molecular weight excluding hydrogens is 354 g/mol. The molecule has 0 unspecified atom stereocenters. The maximum Gasteiger partial charge on any atom is 0.142 e. The molecule has 0 atom stereocenters. The zero-order chi connectivity index (χ0) is 13.8. The molecule has 0 spiro atoms. The topological polar surface area (TPSA) is 37.8 Å². The Morgan fingerprint density at radius 3 is 2.85 bits per heavy atom. The van der Waals surface area contributed by atoms with Gasteiger partial charge in [0.2, 0.25) is 0 Å². The summed E-state index contributed by atoms with van der Waals surface area (Å²) in [7, 11) is 0. The highest BCUT2D eigenvalue weighted by molar-refractivity contribution is 9.11. The van der Waals surface area contributed by atoms with Crippen LogP contribution in [0.4, 0.5) is 0 Å². The normalized spacial score (nSPS) is 10.8. The van der Waals surface area contributed by atoms with Gasteiger partial charge in [-0.05, 0) is 40.2 Å². The molecule has 3 aromatic heterocycles. The van der Waals surface area contributed by atoms with Crippen molar-refractivity contribution >= 4 is 38.6 Å². The van der Waals surface area contributed by atoms with Gasteiger partial charge in [-0.3, -0.25) is 4.98 Å². The summed E-state index contributed by atoms with van der Waals surface area (Å²) in [6, 6.07) is 10.1. The van der Waals surface area contributed by atoms with E-state index < -0.39 is 0 Å². The van der Waals surface area contributed by atoms with Gasteiger partial charge < -0.3 is 5.32 Å². The molecule has 3 nitrogen and oxygen atoms in total. The van der Waals surface area contributed by atoms with Gasteiger partial charge in [-0.2, -0.15) is 0 Å². The quantitative estimate of drug-likeness (QED) is 0.731. The van der Waals surface area contributed by atoms with Crippen LogP contribution in [0.2, 0.25) is 0 Å². The molecule has 0 aliphatic heterocycles. The Morgan fingerprint density at radius 2 is 2.10 bits per heavy atom. The van der Waals surface area contributed by atoms with Gasteiger partial charge in [0, 0.05) is 29.5 Å². The van der Waals surface area contributed by atoms with Crippen molar-refractivity contribution in [1.29, 1.82) is 0 Å². The number of aromatic nitrogens is 2. The van der Waals surface area contributed by atoms with E-state index in [1.165, 1.54) is 8.66 Å². The summed E-state index contributed by atoms with van der Waals surface area (Å²) < 4.78 is 1.17. The molecule has 0 amide bonds. The Kier molecular flexibility index (Phi) is 4.57. The van der Waals surface area contributed by atoms with Crippen LogP contribution in [0.15, 0.2) is 45.7 Å². The van der Waals surface area contributed by atoms with Crippen molar-refractivity contribution in [2.75, 3.05) is 0 Å². The second kappa shape index (κ2) is 6.58. The summed E-state index contributed by atoms with van der Waals surface area (Å²) >= 11 is 6.86. The van der Waals surface area contributed by atoms with Gasteiger partial charge in [-0.25, -0.2) is 4.98 Å². The SMILES string of the molecule is Brc1ccc(CNCc2csc(-c3ccccn3)n2)s1. The van der Waals surface area contributed by atoms with E-state index in [9.17, 15) is 0 Å². The number of thiazole rings is 1. The molecule has 0 aliphatic rings. The van der Waals surface area contributed by atoms with Gasteiger partial charge in [-0.1, -0.05) is 6.07 Å². The monoisotopic (exact) mass is 365 g/mol. The summed E-state index contributed by atoms with van der Waals surface area (Å²) in [4.78, 5) is 10.2. The molecule has 0 aromatic carbocycles. The highest BCUT2D eigenvalue weighted by Crippen LogP contribution is 2.23. The number of hydrogen-bond acceptors (Lipinski definition) is 5. The maximum absolute atomic E-state index is 4.60. The smallest absolute Gasteiger partial charge is 0.142 e. The third-order valence-electron chi connectivity index (χ3n) is 2.67. The largest absolute Gasteiger partial charge is 0.306 e. The van der Waals surface area contributed by atoms with Crippen LogP contribution in [0.5, 0.6) is 0 Å². The van der Waals surface area contributed by atoms with Gasteiger partial charge in [0.15, 0.2) is 0 Å². The number of nitrogens with zero attached hydrogens (tertiary/aromatic N) is 2. The summed E-state index contributed by atoms with van der Waals surface area (Å²) in [6.07, 6.45) is 1.79. The third-order valence-corrected chi connectivity index (χ3v) is 5.21. The third kappa shape index (κ3) is 3.52. The summed E-state index contributed by atoms with van der Waals surface area (Å²) in [6.45, 7) is 1.64. The fourth-order valence-corrected chi connectivity index (χ4v) is 4.00. The molecule has 102 valence electrons. The molecule has 0 fully saturated rings. The van der Waals surface area contributed by atoms with Crippen molar-refractivity contribution in [2.45, 2.75) is 13.1 Å². The van der Waals surface area contributed by atoms with Crippen molar-refractivity contribution in [3.8, 4) is 10.7 Å². The van der Waals surface area contributed by atoms with Crippen LogP contribution in [-0.4, -0.2) is 9.97 Å². The van der Waals surface area contributed by atoms with Crippen LogP contribution >= 0.6 is 38.6 Å². The van der Waals surface area contributed by atoms with Crippen molar-refractivity contribution in [1.82, 2.24) is 15.3 Å². The zero-order valence-corrected chi connectivity index (χ0v) is 13.8. The second-order valence-electron chi connectivity index (χ2n) is 4.17. The number of hydrogen-bond donors (Lipinski definition) is 1. The molecule has 0 saturated carbocycles. The van der Waals surface area contributed by atoms with Crippen LogP contribution in [0.1, 0.15) is 10.6 Å². The Balaban J connectivity index is 1.58. The standard InChI is InChI=1S/C14H12BrN3S2/c15-13-5-4-11(20-13)8-16-7-10-9-19-14(18-10)12-3-1-2-6-17-12/h1-6,9,16H,7-8H2. The number of thiophene rings is 1. The first-order valence-corrected chi connectivity index (χ1v) is 8.61. The summed E-state index contributed by atoms with van der Waals surface area (Å²) in [5.74, 6) is 0. The average Bonchev–Trinajstić information content (AvgIpc) is 3.09. The van der Waals surface area contributed by atoms with Gasteiger partial charge in [0.05, 0.1) is 15.2 Å². The molecule has 20 heavy (non-hydrogen) atoms. The lowest BCUT2D eigenvalue weighted by atomic mass is 10.3. The minimum Gasteiger partial charge on any atom is -0.306 e. The molecule has 0 radical (unpaired) electrons. The highest BCUT2D eigenvalue weighted by atomic mass is 79.9. The van der Waals surface area contributed by atoms with Crippen molar-refractivity contribution in [3.05, 3.63) is 56.3 Å². The molecule has 0 aliphatic carbocycles. The second-order valence-corrected chi connectivity index (χ2v) is 7.57. The van der Waals surface area contributed by atoms with Crippen molar-refractivity contribution in [2.24, 2.45) is 0 Å². The molecule has 3 heterocycles. The van der Waals surface area contributed by atoms with E-state index >= 15 is 0 Å². The van der Waals surface area contributed by atoms with Crippen molar-refractivity contribution < 1.29 is 0 Å². The van der Waals surface area contributed by atoms with E-state index in [0.29, 0.717) is 0 Å². The first-order valence-electron chi connectivity index (χ1n) is 6.12. The van der Waals surface area contributed by atoms with Crippen LogP contribution < -0.4 is 5.32 Å². The van der Waals surface area contributed by atoms with Crippen LogP contribution in [0, 0.1) is 0 Å². The molecular formula is C14H12BrN3S2. The lowest BCUT2D eigenvalue weighted by Crippen LogP contribution is -2.11. The number of pyridine rings is 1. The Bertz CT molecular complexity index is 679. The van der Waals surface area contributed by atoms with Gasteiger partial charge in [0.1, 0.15) is 5.01 Å². The predicted octanol–water partition coefficient (Wildman–Crippen LogP) is 4.32. The first kappa shape index (κ1) is 13.9. The van der Waals surface area contributed by atoms with Crippen molar-refractivity contribution in [3.63, 3.8) is 0 Å². The average molecular weight is 366 g/mol. The first-order chi connectivity index (χ1) is 9.81. The van der Waals surface area contributed by atoms with E-state index in [-0.39, 0.29) is 0 Å². The van der Waals surface area contributed by atoms with Gasteiger partial charge in [-0.15, -0.1) is 22.7 Å². The highest BCUT2D eigenvalue weighted by Gasteiger charge is 2.05. The van der Waals surface area contributed by atoms with Crippen LogP contribution in [0.3, 0.4) is 0 Å². The summed E-state index contributed by atoms with van der Waals surface area (Å²) in [5, 5.41) is 6.47. The molecule has 3 rings (SSSR count). The minimum absolute atomic E-state index is 0.777. The zero-order valence-electron chi connectivity index (χ0n) is 10.5. The number of nitrogens with one attached hydrogen (secondary N) is 1. The molecule has 6 heteroatoms. The van der Waals surface area contributed by atoms with Gasteiger partial charge in [0.25, 0.3) is 0 Å². The number of rotatable bonds is 5. The Morgan fingerprint density at radius 1 is 1.15 bits per heavy atom. The molecule has 3 aromatic rings. The lowest BCUT2D eigenvalue weighted by molar-refractivity contribution is 0.690. The Labute approximate surface area is 133 Å². The van der Waals surface area contributed by atoms with E-state index in [1.54, 1.807) is 28.9 Å². The van der Waals surface area contributed by atoms with Crippen LogP contribution in [0.25, 0.3) is 10.7 Å². The maximum atomic E-state index is 4.60. The van der Waals surface area contributed by atoms with E-state index in [1.807, 2.05) is 18.2 Å². The van der Waals surface area contributed by atoms with Crippen LogP contribution in [-0.2, 0) is 13.1 Å². The van der Waals surface area contributed by atoms with E-state index in [4.69, 9.17) is 0 Å². The fourth-order valence-electron chi connectivity index (χ4n) is 1.76. The van der Waals surface area contributed by atoms with E-state index in [2.05, 4.69) is 48.7 Å². The summed E-state index contributed by atoms with van der Waals surface area (Å²) in [5.41, 5.74) is 2.00. The Hall–Kier alpha value is -1.08. The van der Waals surface area contributed by atoms with Gasteiger partial charge >= 0.3 is 0 Å². The minimum atomic E-state index is 0.777. The van der Waals surface area contributed by atoms with E-state index in [0.717, 1.165) is 29.5 Å². The predicted molar refractivity (Wildman–Crippen MR) is 87.9 cm³/mol. The molecule has 0 saturated heterocycles.